The minimum Gasteiger partial charge on any atom is -0.363 e. The van der Waals surface area contributed by atoms with Crippen LogP contribution in [0.1, 0.15) is 17.5 Å². The first-order valence-electron chi connectivity index (χ1n) is 6.70. The lowest BCUT2D eigenvalue weighted by molar-refractivity contribution is 0.747. The summed E-state index contributed by atoms with van der Waals surface area (Å²) in [4.78, 5) is 18.0. The molecule has 0 saturated heterocycles. The second-order valence-electron chi connectivity index (χ2n) is 4.89. The van der Waals surface area contributed by atoms with Crippen LogP contribution in [0.4, 0.5) is 5.82 Å². The van der Waals surface area contributed by atoms with Gasteiger partial charge in [0, 0.05) is 17.1 Å². The molecule has 0 spiro atoms. The molecule has 7 heteroatoms. The molecule has 0 unspecified atom stereocenters. The van der Waals surface area contributed by atoms with Gasteiger partial charge in [0.05, 0.1) is 22.5 Å². The number of nitrogens with two attached hydrogens (primary N) is 1. The molecule has 3 rings (SSSR count). The van der Waals surface area contributed by atoms with Crippen LogP contribution in [0.15, 0.2) is 31.0 Å². The zero-order chi connectivity index (χ0) is 14.7. The van der Waals surface area contributed by atoms with Crippen LogP contribution in [0.5, 0.6) is 0 Å². The molecule has 3 heterocycles. The van der Waals surface area contributed by atoms with Crippen LogP contribution in [0, 0.1) is 0 Å². The van der Waals surface area contributed by atoms with Gasteiger partial charge in [-0.1, -0.05) is 0 Å². The molecule has 6 nitrogen and oxygen atoms in total. The van der Waals surface area contributed by atoms with Crippen LogP contribution in [-0.2, 0) is 13.0 Å². The fraction of sp³-hybridized carbons (Fsp3) is 0.286. The Kier molecular flexibility index (Phi) is 4.03. The predicted octanol–water partition coefficient (Wildman–Crippen LogP) is 1.98. The third kappa shape index (κ3) is 3.32. The van der Waals surface area contributed by atoms with E-state index < -0.39 is 0 Å². The topological polar surface area (TPSA) is 89.6 Å². The Balaban J connectivity index is 1.83. The molecule has 0 bridgehead atoms. The van der Waals surface area contributed by atoms with Gasteiger partial charge in [0.15, 0.2) is 0 Å². The Morgan fingerprint density at radius 2 is 2.19 bits per heavy atom. The lowest BCUT2D eigenvalue weighted by Crippen LogP contribution is -2.16. The van der Waals surface area contributed by atoms with Crippen LogP contribution in [0.2, 0.25) is 0 Å². The minimum atomic E-state index is 0.142. The van der Waals surface area contributed by atoms with E-state index in [9.17, 15) is 0 Å². The quantitative estimate of drug-likeness (QED) is 0.749. The average molecular weight is 300 g/mol. The van der Waals surface area contributed by atoms with E-state index in [1.165, 1.54) is 4.88 Å². The number of hydrogen-bond acceptors (Lipinski definition) is 7. The molecule has 108 valence electrons. The van der Waals surface area contributed by atoms with Gasteiger partial charge in [-0.25, -0.2) is 19.9 Å². The fourth-order valence-electron chi connectivity index (χ4n) is 2.04. The fourth-order valence-corrected chi connectivity index (χ4v) is 3.26. The number of nitrogens with one attached hydrogen (secondary N) is 1. The molecular weight excluding hydrogens is 284 g/mol. The maximum Gasteiger partial charge on any atom is 0.147 e. The van der Waals surface area contributed by atoms with Crippen molar-refractivity contribution in [1.82, 2.24) is 19.9 Å². The second kappa shape index (κ2) is 6.11. The maximum absolute atomic E-state index is 5.86. The van der Waals surface area contributed by atoms with E-state index in [2.05, 4.69) is 31.3 Å². The van der Waals surface area contributed by atoms with E-state index in [0.29, 0.717) is 6.54 Å². The Labute approximate surface area is 126 Å². The Bertz CT molecular complexity index is 725. The number of fused-ring (bicyclic) bond motifs is 1. The van der Waals surface area contributed by atoms with Crippen LogP contribution in [0.3, 0.4) is 0 Å². The van der Waals surface area contributed by atoms with Gasteiger partial charge >= 0.3 is 0 Å². The van der Waals surface area contributed by atoms with Gasteiger partial charge in [-0.2, -0.15) is 0 Å². The van der Waals surface area contributed by atoms with Crippen molar-refractivity contribution in [2.75, 3.05) is 5.32 Å². The summed E-state index contributed by atoms with van der Waals surface area (Å²) in [5.41, 5.74) is 7.73. The molecule has 3 aromatic heterocycles. The summed E-state index contributed by atoms with van der Waals surface area (Å²) in [5, 5.41) is 3.31. The summed E-state index contributed by atoms with van der Waals surface area (Å²) in [6, 6.07) is 4.10. The standard InChI is InChI=1S/C14H16N6S/c1-9(15)4-11-5-12-13(21-11)14(20-8-19-12)17-6-10-2-3-16-7-18-10/h2-3,5,7-9H,4,6,15H2,1H3,(H,17,19,20)/t9-/m0/s1. The second-order valence-corrected chi connectivity index (χ2v) is 6.02. The summed E-state index contributed by atoms with van der Waals surface area (Å²) in [5.74, 6) is 0.833. The van der Waals surface area contributed by atoms with Crippen molar-refractivity contribution in [3.8, 4) is 0 Å². The first-order chi connectivity index (χ1) is 10.2. The van der Waals surface area contributed by atoms with E-state index in [4.69, 9.17) is 5.73 Å². The van der Waals surface area contributed by atoms with E-state index in [0.717, 1.165) is 28.1 Å². The molecule has 0 radical (unpaired) electrons. The smallest absolute Gasteiger partial charge is 0.147 e. The lowest BCUT2D eigenvalue weighted by Gasteiger charge is -2.05. The van der Waals surface area contributed by atoms with Gasteiger partial charge < -0.3 is 11.1 Å². The third-order valence-electron chi connectivity index (χ3n) is 2.97. The first-order valence-corrected chi connectivity index (χ1v) is 7.52. The summed E-state index contributed by atoms with van der Waals surface area (Å²) in [6.07, 6.45) is 5.70. The molecule has 0 aliphatic heterocycles. The molecule has 0 aliphatic rings. The highest BCUT2D eigenvalue weighted by atomic mass is 32.1. The monoisotopic (exact) mass is 300 g/mol. The van der Waals surface area contributed by atoms with Gasteiger partial charge in [-0.3, -0.25) is 0 Å². The number of hydrogen-bond donors (Lipinski definition) is 2. The minimum absolute atomic E-state index is 0.142. The van der Waals surface area contributed by atoms with Gasteiger partial charge in [-0.05, 0) is 25.5 Å². The molecule has 0 saturated carbocycles. The lowest BCUT2D eigenvalue weighted by atomic mass is 10.2. The third-order valence-corrected chi connectivity index (χ3v) is 4.12. The summed E-state index contributed by atoms with van der Waals surface area (Å²) < 4.78 is 1.06. The number of anilines is 1. The number of aromatic nitrogens is 4. The van der Waals surface area contributed by atoms with Crippen molar-refractivity contribution in [1.29, 1.82) is 0 Å². The van der Waals surface area contributed by atoms with Gasteiger partial charge in [0.1, 0.15) is 18.5 Å². The molecule has 0 amide bonds. The van der Waals surface area contributed by atoms with Crippen LogP contribution >= 0.6 is 11.3 Å². The van der Waals surface area contributed by atoms with Crippen molar-refractivity contribution in [2.24, 2.45) is 5.73 Å². The molecule has 0 aromatic carbocycles. The molecule has 3 aromatic rings. The van der Waals surface area contributed by atoms with Crippen molar-refractivity contribution in [3.63, 3.8) is 0 Å². The van der Waals surface area contributed by atoms with E-state index in [-0.39, 0.29) is 6.04 Å². The van der Waals surface area contributed by atoms with E-state index in [1.807, 2.05) is 13.0 Å². The number of nitrogens with zero attached hydrogens (tertiary/aromatic N) is 4. The van der Waals surface area contributed by atoms with Crippen molar-refractivity contribution in [2.45, 2.75) is 25.9 Å². The molecule has 0 fully saturated rings. The van der Waals surface area contributed by atoms with Crippen molar-refractivity contribution >= 4 is 27.4 Å². The van der Waals surface area contributed by atoms with Crippen molar-refractivity contribution < 1.29 is 0 Å². The predicted molar refractivity (Wildman–Crippen MR) is 84.1 cm³/mol. The van der Waals surface area contributed by atoms with Gasteiger partial charge in [-0.15, -0.1) is 11.3 Å². The highest BCUT2D eigenvalue weighted by molar-refractivity contribution is 7.19. The highest BCUT2D eigenvalue weighted by Gasteiger charge is 2.10. The van der Waals surface area contributed by atoms with E-state index in [1.54, 1.807) is 30.2 Å². The number of thiophene rings is 1. The summed E-state index contributed by atoms with van der Waals surface area (Å²) >= 11 is 1.69. The zero-order valence-electron chi connectivity index (χ0n) is 11.7. The summed E-state index contributed by atoms with van der Waals surface area (Å²) in [6.45, 7) is 2.61. The maximum atomic E-state index is 5.86. The van der Waals surface area contributed by atoms with Gasteiger partial charge in [0.2, 0.25) is 0 Å². The SMILES string of the molecule is C[C@H](N)Cc1cc2ncnc(NCc3ccncn3)c2s1. The highest BCUT2D eigenvalue weighted by Crippen LogP contribution is 2.29. The average Bonchev–Trinajstić information content (AvgIpc) is 2.88. The molecule has 0 aliphatic carbocycles. The van der Waals surface area contributed by atoms with Crippen LogP contribution in [-0.4, -0.2) is 26.0 Å². The molecule has 3 N–H and O–H groups in total. The zero-order valence-corrected chi connectivity index (χ0v) is 12.5. The first kappa shape index (κ1) is 13.8. The van der Waals surface area contributed by atoms with Crippen molar-refractivity contribution in [3.05, 3.63) is 41.6 Å². The van der Waals surface area contributed by atoms with Crippen LogP contribution in [0.25, 0.3) is 10.2 Å². The number of rotatable bonds is 5. The molecule has 21 heavy (non-hydrogen) atoms. The van der Waals surface area contributed by atoms with E-state index >= 15 is 0 Å². The molecular formula is C14H16N6S. The Hall–Kier alpha value is -2.12. The van der Waals surface area contributed by atoms with Crippen LogP contribution < -0.4 is 11.1 Å². The molecule has 1 atom stereocenters. The normalized spacial score (nSPS) is 12.5. The Morgan fingerprint density at radius 3 is 2.95 bits per heavy atom. The Morgan fingerprint density at radius 1 is 1.29 bits per heavy atom. The largest absolute Gasteiger partial charge is 0.363 e. The van der Waals surface area contributed by atoms with Gasteiger partial charge in [0.25, 0.3) is 0 Å². The summed E-state index contributed by atoms with van der Waals surface area (Å²) in [7, 11) is 0.